The van der Waals surface area contributed by atoms with E-state index in [1.807, 2.05) is 18.2 Å². The number of rotatable bonds is 3. The molecule has 36 heavy (non-hydrogen) atoms. The van der Waals surface area contributed by atoms with Gasteiger partial charge in [0, 0.05) is 0 Å². The lowest BCUT2D eigenvalue weighted by Crippen LogP contribution is -2.05. The summed E-state index contributed by atoms with van der Waals surface area (Å²) in [5.74, 6) is 2.83. The van der Waals surface area contributed by atoms with Crippen LogP contribution in [-0.2, 0) is 0 Å². The maximum absolute atomic E-state index is 4.83. The van der Waals surface area contributed by atoms with Crippen molar-refractivity contribution in [2.24, 2.45) is 0 Å². The average molecular weight is 469 g/mol. The van der Waals surface area contributed by atoms with Crippen molar-refractivity contribution in [1.82, 2.24) is 28.7 Å². The zero-order chi connectivity index (χ0) is 24.4. The molecular weight excluding hydrogens is 444 g/mol. The van der Waals surface area contributed by atoms with E-state index in [1.165, 1.54) is 0 Å². The van der Waals surface area contributed by atoms with E-state index in [0.717, 1.165) is 67.6 Å². The van der Waals surface area contributed by atoms with Gasteiger partial charge in [-0.3, -0.25) is 13.7 Å². The molecule has 174 valence electrons. The van der Waals surface area contributed by atoms with Crippen LogP contribution < -0.4 is 0 Å². The topological polar surface area (TPSA) is 53.5 Å². The molecule has 4 aromatic carbocycles. The van der Waals surface area contributed by atoms with Gasteiger partial charge in [-0.1, -0.05) is 36.4 Å². The zero-order valence-corrected chi connectivity index (χ0v) is 20.3. The first kappa shape index (κ1) is 20.6. The largest absolute Gasteiger partial charge is 0.296 e. The van der Waals surface area contributed by atoms with Crippen molar-refractivity contribution in [3.05, 3.63) is 108 Å². The highest BCUT2D eigenvalue weighted by Crippen LogP contribution is 2.30. The number of benzene rings is 4. The van der Waals surface area contributed by atoms with Crippen molar-refractivity contribution < 1.29 is 0 Å². The second-order valence-electron chi connectivity index (χ2n) is 9.16. The predicted molar refractivity (Wildman–Crippen MR) is 145 cm³/mol. The van der Waals surface area contributed by atoms with Crippen molar-refractivity contribution in [1.29, 1.82) is 0 Å². The highest BCUT2D eigenvalue weighted by molar-refractivity contribution is 5.82. The Morgan fingerprint density at radius 3 is 1.00 bits per heavy atom. The van der Waals surface area contributed by atoms with Crippen LogP contribution >= 0.6 is 0 Å². The van der Waals surface area contributed by atoms with Crippen LogP contribution in [0.15, 0.2) is 91.0 Å². The summed E-state index contributed by atoms with van der Waals surface area (Å²) < 4.78 is 6.68. The van der Waals surface area contributed by atoms with Gasteiger partial charge in [0.05, 0.1) is 50.2 Å². The molecule has 0 saturated carbocycles. The molecule has 6 nitrogen and oxygen atoms in total. The summed E-state index contributed by atoms with van der Waals surface area (Å²) in [4.78, 5) is 14.5. The van der Waals surface area contributed by atoms with Gasteiger partial charge >= 0.3 is 0 Å². The Kier molecular flexibility index (Phi) is 4.39. The van der Waals surface area contributed by atoms with Crippen molar-refractivity contribution in [2.75, 3.05) is 0 Å². The summed E-state index contributed by atoms with van der Waals surface area (Å²) in [6.07, 6.45) is 0. The number of aromatic nitrogens is 6. The Hall–Kier alpha value is -4.71. The van der Waals surface area contributed by atoms with E-state index in [0.29, 0.717) is 0 Å². The zero-order valence-electron chi connectivity index (χ0n) is 20.3. The highest BCUT2D eigenvalue weighted by Gasteiger charge is 2.17. The first-order valence-corrected chi connectivity index (χ1v) is 12.1. The average Bonchev–Trinajstić information content (AvgIpc) is 3.51. The molecule has 0 unspecified atom stereocenters. The maximum atomic E-state index is 4.83. The third-order valence-corrected chi connectivity index (χ3v) is 6.85. The van der Waals surface area contributed by atoms with Crippen molar-refractivity contribution in [3.63, 3.8) is 0 Å². The lowest BCUT2D eigenvalue weighted by molar-refractivity contribution is 0.952. The lowest BCUT2D eigenvalue weighted by Gasteiger charge is -2.16. The SMILES string of the molecule is Cc1nc2ccccc2n1-c1cc(-n2c(C)nc3ccccc32)cc(-n2c(C)nc3ccccc32)c1. The Morgan fingerprint density at radius 2 is 0.694 bits per heavy atom. The maximum Gasteiger partial charge on any atom is 0.111 e. The van der Waals surface area contributed by atoms with Crippen LogP contribution in [0.4, 0.5) is 0 Å². The lowest BCUT2D eigenvalue weighted by atomic mass is 10.2. The molecule has 0 spiro atoms. The summed E-state index contributed by atoms with van der Waals surface area (Å²) in [5.41, 5.74) is 9.32. The van der Waals surface area contributed by atoms with E-state index in [9.17, 15) is 0 Å². The summed E-state index contributed by atoms with van der Waals surface area (Å²) in [6.45, 7) is 6.17. The number of hydrogen-bond acceptors (Lipinski definition) is 3. The Balaban J connectivity index is 1.58. The normalized spacial score (nSPS) is 11.8. The molecule has 0 fully saturated rings. The van der Waals surface area contributed by atoms with E-state index >= 15 is 0 Å². The molecule has 0 aliphatic heterocycles. The Labute approximate surface area is 208 Å². The van der Waals surface area contributed by atoms with Gasteiger partial charge < -0.3 is 0 Å². The molecule has 7 rings (SSSR count). The van der Waals surface area contributed by atoms with Crippen molar-refractivity contribution >= 4 is 33.1 Å². The van der Waals surface area contributed by atoms with E-state index in [4.69, 9.17) is 15.0 Å². The molecule has 0 radical (unpaired) electrons. The first-order valence-electron chi connectivity index (χ1n) is 12.1. The summed E-state index contributed by atoms with van der Waals surface area (Å²) in [7, 11) is 0. The smallest absolute Gasteiger partial charge is 0.111 e. The Morgan fingerprint density at radius 1 is 0.417 bits per heavy atom. The molecule has 3 aromatic heterocycles. The Bertz CT molecular complexity index is 1700. The van der Waals surface area contributed by atoms with Gasteiger partial charge in [-0.2, -0.15) is 0 Å². The van der Waals surface area contributed by atoms with E-state index < -0.39 is 0 Å². The number of hydrogen-bond donors (Lipinski definition) is 0. The molecule has 0 aliphatic carbocycles. The number of para-hydroxylation sites is 6. The highest BCUT2D eigenvalue weighted by atomic mass is 15.1. The fourth-order valence-electron chi connectivity index (χ4n) is 5.38. The molecule has 0 amide bonds. The molecule has 7 aromatic rings. The van der Waals surface area contributed by atoms with Crippen LogP contribution in [-0.4, -0.2) is 28.7 Å². The van der Waals surface area contributed by atoms with Crippen LogP contribution in [0.5, 0.6) is 0 Å². The molecule has 3 heterocycles. The third kappa shape index (κ3) is 3.01. The second kappa shape index (κ2) is 7.65. The second-order valence-corrected chi connectivity index (χ2v) is 9.16. The van der Waals surface area contributed by atoms with Crippen LogP contribution in [0.2, 0.25) is 0 Å². The van der Waals surface area contributed by atoms with E-state index in [-0.39, 0.29) is 0 Å². The standard InChI is InChI=1S/C30H24N6/c1-19-31-25-10-4-7-13-28(25)34(19)22-16-23(35-20(2)32-26-11-5-8-14-29(26)35)18-24(17-22)36-21(3)33-27-12-6-9-15-30(27)36/h4-18H,1-3H3. The van der Waals surface area contributed by atoms with Crippen LogP contribution in [0.1, 0.15) is 17.5 Å². The molecule has 0 bridgehead atoms. The minimum absolute atomic E-state index is 0.943. The van der Waals surface area contributed by atoms with Gasteiger partial charge in [0.1, 0.15) is 17.5 Å². The molecule has 0 atom stereocenters. The predicted octanol–water partition coefficient (Wildman–Crippen LogP) is 6.63. The third-order valence-electron chi connectivity index (χ3n) is 6.85. The molecule has 0 N–H and O–H groups in total. The quantitative estimate of drug-likeness (QED) is 0.292. The monoisotopic (exact) mass is 468 g/mol. The number of aryl methyl sites for hydroxylation is 3. The van der Waals surface area contributed by atoms with Gasteiger partial charge in [-0.25, -0.2) is 15.0 Å². The number of fused-ring (bicyclic) bond motifs is 3. The van der Waals surface area contributed by atoms with Crippen molar-refractivity contribution in [2.45, 2.75) is 20.8 Å². The van der Waals surface area contributed by atoms with Crippen LogP contribution in [0, 0.1) is 20.8 Å². The van der Waals surface area contributed by atoms with Gasteiger partial charge in [0.2, 0.25) is 0 Å². The molecular formula is C30H24N6. The van der Waals surface area contributed by atoms with Crippen LogP contribution in [0.25, 0.3) is 50.2 Å². The minimum Gasteiger partial charge on any atom is -0.296 e. The van der Waals surface area contributed by atoms with Gasteiger partial charge in [-0.05, 0) is 75.4 Å². The fourth-order valence-corrected chi connectivity index (χ4v) is 5.38. The van der Waals surface area contributed by atoms with Gasteiger partial charge in [0.25, 0.3) is 0 Å². The van der Waals surface area contributed by atoms with Crippen molar-refractivity contribution in [3.8, 4) is 17.1 Å². The van der Waals surface area contributed by atoms with Gasteiger partial charge in [0.15, 0.2) is 0 Å². The summed E-state index contributed by atoms with van der Waals surface area (Å²) in [6, 6.07) is 31.5. The van der Waals surface area contributed by atoms with Gasteiger partial charge in [-0.15, -0.1) is 0 Å². The summed E-state index contributed by atoms with van der Waals surface area (Å²) in [5, 5.41) is 0. The van der Waals surface area contributed by atoms with E-state index in [1.54, 1.807) is 0 Å². The molecule has 6 heteroatoms. The minimum atomic E-state index is 0.943. The van der Waals surface area contributed by atoms with Crippen LogP contribution in [0.3, 0.4) is 0 Å². The fraction of sp³-hybridized carbons (Fsp3) is 0.100. The van der Waals surface area contributed by atoms with E-state index in [2.05, 4.69) is 107 Å². The summed E-state index contributed by atoms with van der Waals surface area (Å²) >= 11 is 0. The number of nitrogens with zero attached hydrogens (tertiary/aromatic N) is 6. The number of imidazole rings is 3. The molecule has 0 saturated heterocycles. The molecule has 0 aliphatic rings. The first-order chi connectivity index (χ1) is 17.6.